The van der Waals surface area contributed by atoms with Crippen molar-refractivity contribution in [1.82, 2.24) is 9.78 Å². The number of benzene rings is 1. The smallest absolute Gasteiger partial charge is 0.231 e. The van der Waals surface area contributed by atoms with Crippen molar-refractivity contribution in [3.05, 3.63) is 22.4 Å². The lowest BCUT2D eigenvalue weighted by Crippen LogP contribution is -2.17. The van der Waals surface area contributed by atoms with Crippen LogP contribution < -0.4 is 10.7 Å². The number of nitrogens with zero attached hydrogens (tertiary/aromatic N) is 2. The summed E-state index contributed by atoms with van der Waals surface area (Å²) in [4.78, 5) is 12.0. The first-order valence-corrected chi connectivity index (χ1v) is 5.23. The number of rotatable bonds is 2. The van der Waals surface area contributed by atoms with Crippen molar-refractivity contribution in [2.45, 2.75) is 13.5 Å². The van der Waals surface area contributed by atoms with E-state index in [2.05, 4.69) is 10.4 Å². The molecule has 0 unspecified atom stereocenters. The van der Waals surface area contributed by atoms with Gasteiger partial charge >= 0.3 is 0 Å². The number of aromatic hydroxyl groups is 2. The van der Waals surface area contributed by atoms with Gasteiger partial charge in [-0.1, -0.05) is 0 Å². The van der Waals surface area contributed by atoms with Gasteiger partial charge in [0, 0.05) is 19.7 Å². The highest BCUT2D eigenvalue weighted by Crippen LogP contribution is 2.28. The monoisotopic (exact) mass is 235 g/mol. The molecule has 2 rings (SSSR count). The summed E-state index contributed by atoms with van der Waals surface area (Å²) in [5.41, 5.74) is 0.189. The van der Waals surface area contributed by atoms with Crippen molar-refractivity contribution < 1.29 is 10.2 Å². The van der Waals surface area contributed by atoms with E-state index in [0.29, 0.717) is 17.4 Å². The summed E-state index contributed by atoms with van der Waals surface area (Å²) >= 11 is 0. The summed E-state index contributed by atoms with van der Waals surface area (Å²) in [5, 5.41) is 26.0. The van der Waals surface area contributed by atoms with E-state index < -0.39 is 0 Å². The van der Waals surface area contributed by atoms with Gasteiger partial charge in [0.15, 0.2) is 17.3 Å². The fourth-order valence-corrected chi connectivity index (χ4v) is 1.71. The van der Waals surface area contributed by atoms with Crippen molar-refractivity contribution in [3.63, 3.8) is 0 Å². The van der Waals surface area contributed by atoms with Gasteiger partial charge in [-0.25, -0.2) is 0 Å². The molecule has 0 saturated heterocycles. The van der Waals surface area contributed by atoms with Crippen LogP contribution in [0.1, 0.15) is 6.92 Å². The first-order valence-electron chi connectivity index (χ1n) is 5.23. The summed E-state index contributed by atoms with van der Waals surface area (Å²) in [6, 6.07) is 2.59. The zero-order valence-electron chi connectivity index (χ0n) is 9.56. The molecule has 0 aliphatic rings. The van der Waals surface area contributed by atoms with E-state index >= 15 is 0 Å². The van der Waals surface area contributed by atoms with Gasteiger partial charge in [0.05, 0.1) is 10.9 Å². The minimum absolute atomic E-state index is 0.212. The third-order valence-corrected chi connectivity index (χ3v) is 2.59. The molecule has 0 bridgehead atoms. The predicted molar refractivity (Wildman–Crippen MR) is 64.6 cm³/mol. The van der Waals surface area contributed by atoms with E-state index in [9.17, 15) is 15.0 Å². The Hall–Kier alpha value is -2.24. The fraction of sp³-hybridized carbons (Fsp3) is 0.273. The molecule has 1 heterocycles. The van der Waals surface area contributed by atoms with E-state index in [1.165, 1.54) is 12.1 Å². The number of aryl methyl sites for hydroxylation is 1. The van der Waals surface area contributed by atoms with Crippen LogP contribution in [0, 0.1) is 0 Å². The molecule has 90 valence electrons. The van der Waals surface area contributed by atoms with Gasteiger partial charge in [-0.2, -0.15) is 5.10 Å². The van der Waals surface area contributed by atoms with Crippen LogP contribution in [0.2, 0.25) is 0 Å². The third kappa shape index (κ3) is 1.67. The molecule has 0 aliphatic heterocycles. The van der Waals surface area contributed by atoms with Crippen molar-refractivity contribution in [3.8, 4) is 11.5 Å². The molecule has 0 radical (unpaired) electrons. The Morgan fingerprint density at radius 3 is 2.59 bits per heavy atom. The number of hydrogen-bond donors (Lipinski definition) is 3. The van der Waals surface area contributed by atoms with Crippen LogP contribution in [0.5, 0.6) is 11.5 Å². The lowest BCUT2D eigenvalue weighted by Gasteiger charge is -2.10. The molecule has 0 amide bonds. The molecule has 6 nitrogen and oxygen atoms in total. The second kappa shape index (κ2) is 3.97. The van der Waals surface area contributed by atoms with E-state index in [4.69, 9.17) is 0 Å². The molecule has 0 aliphatic carbocycles. The first kappa shape index (κ1) is 11.3. The highest BCUT2D eigenvalue weighted by Gasteiger charge is 2.12. The molecule has 0 spiro atoms. The van der Waals surface area contributed by atoms with Gasteiger partial charge in [-0.15, -0.1) is 0 Å². The third-order valence-electron chi connectivity index (χ3n) is 2.59. The highest BCUT2D eigenvalue weighted by molar-refractivity contribution is 5.84. The maximum atomic E-state index is 12.0. The second-order valence-electron chi connectivity index (χ2n) is 3.60. The van der Waals surface area contributed by atoms with Gasteiger partial charge in [-0.05, 0) is 13.0 Å². The first-order chi connectivity index (χ1) is 8.08. The van der Waals surface area contributed by atoms with E-state index in [0.717, 1.165) is 0 Å². The summed E-state index contributed by atoms with van der Waals surface area (Å²) in [6.07, 6.45) is 0. The average molecular weight is 235 g/mol. The zero-order valence-corrected chi connectivity index (χ0v) is 9.56. The molecule has 0 fully saturated rings. The topological polar surface area (TPSA) is 87.4 Å². The van der Waals surface area contributed by atoms with Gasteiger partial charge < -0.3 is 15.5 Å². The molecule has 6 heteroatoms. The summed E-state index contributed by atoms with van der Waals surface area (Å²) in [6.45, 7) is 2.43. The number of nitrogens with one attached hydrogen (secondary N) is 1. The number of phenols is 2. The van der Waals surface area contributed by atoms with E-state index in [1.54, 1.807) is 11.7 Å². The lowest BCUT2D eigenvalue weighted by atomic mass is 10.2. The SMILES string of the molecule is CCn1nc(NC)c(=O)c2cc(O)c(O)cc21. The average Bonchev–Trinajstić information content (AvgIpc) is 2.32. The quantitative estimate of drug-likeness (QED) is 0.672. The number of hydrogen-bond acceptors (Lipinski definition) is 5. The Bertz CT molecular complexity index is 634. The van der Waals surface area contributed by atoms with Gasteiger partial charge in [-0.3, -0.25) is 9.48 Å². The minimum atomic E-state index is -0.314. The van der Waals surface area contributed by atoms with E-state index in [-0.39, 0.29) is 22.7 Å². The number of aromatic nitrogens is 2. The molecular formula is C11H13N3O3. The second-order valence-corrected chi connectivity index (χ2v) is 3.60. The van der Waals surface area contributed by atoms with E-state index in [1.807, 2.05) is 6.92 Å². The summed E-state index contributed by atoms with van der Waals surface area (Å²) in [7, 11) is 1.61. The Balaban J connectivity index is 2.95. The van der Waals surface area contributed by atoms with Crippen LogP contribution in [0.3, 0.4) is 0 Å². The number of phenolic OH excluding ortho intramolecular Hbond substituents is 2. The summed E-state index contributed by atoms with van der Waals surface area (Å²) < 4.78 is 1.59. The van der Waals surface area contributed by atoms with Crippen LogP contribution >= 0.6 is 0 Å². The standard InChI is InChI=1S/C11H13N3O3/c1-3-14-7-5-9(16)8(15)4-6(7)10(17)11(12-2)13-14/h4-5,15-16H,3H2,1-2H3,(H,12,13). The molecule has 3 N–H and O–H groups in total. The fourth-order valence-electron chi connectivity index (χ4n) is 1.71. The summed E-state index contributed by atoms with van der Waals surface area (Å²) in [5.74, 6) is -0.368. The number of fused-ring (bicyclic) bond motifs is 1. The Morgan fingerprint density at radius 2 is 2.00 bits per heavy atom. The van der Waals surface area contributed by atoms with Crippen LogP contribution in [0.15, 0.2) is 16.9 Å². The van der Waals surface area contributed by atoms with Crippen molar-refractivity contribution in [2.24, 2.45) is 0 Å². The zero-order chi connectivity index (χ0) is 12.6. The van der Waals surface area contributed by atoms with Crippen LogP contribution in [-0.4, -0.2) is 27.0 Å². The minimum Gasteiger partial charge on any atom is -0.504 e. The molecule has 1 aromatic carbocycles. The molecule has 17 heavy (non-hydrogen) atoms. The van der Waals surface area contributed by atoms with Crippen LogP contribution in [0.4, 0.5) is 5.82 Å². The molecule has 1 aromatic heterocycles. The van der Waals surface area contributed by atoms with Gasteiger partial charge in [0.2, 0.25) is 5.43 Å². The van der Waals surface area contributed by atoms with Crippen molar-refractivity contribution in [2.75, 3.05) is 12.4 Å². The Kier molecular flexibility index (Phi) is 2.63. The Morgan fingerprint density at radius 1 is 1.35 bits per heavy atom. The molecular weight excluding hydrogens is 222 g/mol. The van der Waals surface area contributed by atoms with Crippen molar-refractivity contribution in [1.29, 1.82) is 0 Å². The van der Waals surface area contributed by atoms with Gasteiger partial charge in [0.1, 0.15) is 0 Å². The predicted octanol–water partition coefficient (Wildman–Crippen LogP) is 0.869. The molecule has 0 saturated carbocycles. The number of anilines is 1. The largest absolute Gasteiger partial charge is 0.504 e. The molecule has 2 aromatic rings. The Labute approximate surface area is 97.1 Å². The molecule has 0 atom stereocenters. The van der Waals surface area contributed by atoms with Crippen LogP contribution in [0.25, 0.3) is 10.9 Å². The van der Waals surface area contributed by atoms with Crippen molar-refractivity contribution >= 4 is 16.7 Å². The lowest BCUT2D eigenvalue weighted by molar-refractivity contribution is 0.404. The normalized spacial score (nSPS) is 10.7. The highest BCUT2D eigenvalue weighted by atomic mass is 16.3. The maximum absolute atomic E-state index is 12.0. The maximum Gasteiger partial charge on any atom is 0.231 e. The van der Waals surface area contributed by atoms with Gasteiger partial charge in [0.25, 0.3) is 0 Å². The van der Waals surface area contributed by atoms with Crippen LogP contribution in [-0.2, 0) is 6.54 Å².